The molecule has 3 aromatic rings. The summed E-state index contributed by atoms with van der Waals surface area (Å²) < 4.78 is 5.62. The highest BCUT2D eigenvalue weighted by Crippen LogP contribution is 2.20. The van der Waals surface area contributed by atoms with E-state index in [2.05, 4.69) is 5.32 Å². The molecule has 1 heterocycles. The van der Waals surface area contributed by atoms with Crippen LogP contribution >= 0.6 is 11.6 Å². The minimum atomic E-state index is -0.481. The minimum absolute atomic E-state index is 0.0255. The second-order valence-electron chi connectivity index (χ2n) is 5.39. The van der Waals surface area contributed by atoms with Crippen molar-refractivity contribution in [3.63, 3.8) is 0 Å². The Balaban J connectivity index is 2.01. The third-order valence-electron chi connectivity index (χ3n) is 3.50. The van der Waals surface area contributed by atoms with Gasteiger partial charge in [-0.2, -0.15) is 0 Å². The summed E-state index contributed by atoms with van der Waals surface area (Å²) >= 11 is 5.81. The molecule has 0 bridgehead atoms. The van der Waals surface area contributed by atoms with E-state index in [1.54, 1.807) is 30.3 Å². The maximum atomic E-state index is 12.3. The highest BCUT2D eigenvalue weighted by atomic mass is 35.5. The molecule has 1 N–H and O–H groups in total. The predicted octanol–water partition coefficient (Wildman–Crippen LogP) is 4.32. The molecule has 2 aromatic carbocycles. The number of hydrogen-bond donors (Lipinski definition) is 1. The fourth-order valence-electron chi connectivity index (χ4n) is 2.50. The van der Waals surface area contributed by atoms with Crippen LogP contribution in [0.4, 0.5) is 5.69 Å². The highest BCUT2D eigenvalue weighted by molar-refractivity contribution is 6.30. The van der Waals surface area contributed by atoms with Gasteiger partial charge in [-0.3, -0.25) is 9.59 Å². The standard InChI is InChI=1S/C18H14ClNO3/c1-10-7-11(2)17-14(21)9-16(23-15(17)8-10)18(22)20-13-5-3-12(19)4-6-13/h3-9H,1-2H3,(H,20,22). The monoisotopic (exact) mass is 327 g/mol. The smallest absolute Gasteiger partial charge is 0.291 e. The quantitative estimate of drug-likeness (QED) is 0.762. The zero-order chi connectivity index (χ0) is 16.6. The van der Waals surface area contributed by atoms with Gasteiger partial charge in [0.1, 0.15) is 5.58 Å². The van der Waals surface area contributed by atoms with Crippen LogP contribution in [0.1, 0.15) is 21.7 Å². The van der Waals surface area contributed by atoms with Gasteiger partial charge in [-0.1, -0.05) is 17.7 Å². The van der Waals surface area contributed by atoms with Crippen LogP contribution in [-0.2, 0) is 0 Å². The molecule has 0 saturated heterocycles. The van der Waals surface area contributed by atoms with Gasteiger partial charge in [0.25, 0.3) is 5.91 Å². The number of halogens is 1. The average molecular weight is 328 g/mol. The summed E-state index contributed by atoms with van der Waals surface area (Å²) in [6, 6.07) is 11.6. The van der Waals surface area contributed by atoms with Gasteiger partial charge in [-0.25, -0.2) is 0 Å². The molecule has 4 nitrogen and oxygen atoms in total. The highest BCUT2D eigenvalue weighted by Gasteiger charge is 2.14. The maximum absolute atomic E-state index is 12.3. The third kappa shape index (κ3) is 3.12. The fraction of sp³-hybridized carbons (Fsp3) is 0.111. The van der Waals surface area contributed by atoms with Crippen molar-refractivity contribution in [1.29, 1.82) is 0 Å². The molecule has 3 rings (SSSR count). The number of hydrogen-bond acceptors (Lipinski definition) is 3. The first-order valence-electron chi connectivity index (χ1n) is 7.06. The summed E-state index contributed by atoms with van der Waals surface area (Å²) in [6.07, 6.45) is 0. The van der Waals surface area contributed by atoms with Crippen molar-refractivity contribution in [1.82, 2.24) is 0 Å². The summed E-state index contributed by atoms with van der Waals surface area (Å²) in [5, 5.41) is 3.75. The molecule has 0 atom stereocenters. The number of nitrogens with one attached hydrogen (secondary N) is 1. The molecular weight excluding hydrogens is 314 g/mol. The SMILES string of the molecule is Cc1cc(C)c2c(=O)cc(C(=O)Nc3ccc(Cl)cc3)oc2c1. The molecule has 0 aliphatic carbocycles. The topological polar surface area (TPSA) is 59.3 Å². The van der Waals surface area contributed by atoms with Gasteiger partial charge < -0.3 is 9.73 Å². The van der Waals surface area contributed by atoms with Crippen LogP contribution in [-0.4, -0.2) is 5.91 Å². The van der Waals surface area contributed by atoms with Crippen LogP contribution in [0, 0.1) is 13.8 Å². The first-order chi connectivity index (χ1) is 10.9. The minimum Gasteiger partial charge on any atom is -0.451 e. The van der Waals surface area contributed by atoms with Gasteiger partial charge in [0.2, 0.25) is 0 Å². The lowest BCUT2D eigenvalue weighted by atomic mass is 10.1. The predicted molar refractivity (Wildman–Crippen MR) is 91.4 cm³/mol. The Morgan fingerprint density at radius 2 is 1.78 bits per heavy atom. The number of amides is 1. The number of rotatable bonds is 2. The normalized spacial score (nSPS) is 10.7. The van der Waals surface area contributed by atoms with Gasteiger partial charge in [0.15, 0.2) is 11.2 Å². The zero-order valence-electron chi connectivity index (χ0n) is 12.6. The van der Waals surface area contributed by atoms with E-state index in [9.17, 15) is 9.59 Å². The Labute approximate surface area is 137 Å². The molecule has 0 aliphatic heterocycles. The molecule has 1 amide bonds. The average Bonchev–Trinajstić information content (AvgIpc) is 2.48. The number of carbonyl (C=O) groups excluding carboxylic acids is 1. The van der Waals surface area contributed by atoms with Gasteiger partial charge in [0, 0.05) is 16.8 Å². The lowest BCUT2D eigenvalue weighted by Gasteiger charge is -2.07. The second kappa shape index (κ2) is 5.89. The lowest BCUT2D eigenvalue weighted by molar-refractivity contribution is 0.0997. The van der Waals surface area contributed by atoms with E-state index in [1.165, 1.54) is 6.07 Å². The van der Waals surface area contributed by atoms with Crippen molar-refractivity contribution >= 4 is 34.2 Å². The van der Waals surface area contributed by atoms with Gasteiger partial charge in [-0.15, -0.1) is 0 Å². The van der Waals surface area contributed by atoms with E-state index in [1.807, 2.05) is 19.9 Å². The van der Waals surface area contributed by atoms with Crippen LogP contribution in [0.15, 0.2) is 51.7 Å². The first kappa shape index (κ1) is 15.3. The maximum Gasteiger partial charge on any atom is 0.291 e. The number of aryl methyl sites for hydroxylation is 2. The lowest BCUT2D eigenvalue weighted by Crippen LogP contribution is -2.15. The number of fused-ring (bicyclic) bond motifs is 1. The second-order valence-corrected chi connectivity index (χ2v) is 5.83. The molecule has 0 unspecified atom stereocenters. The van der Waals surface area contributed by atoms with E-state index < -0.39 is 5.91 Å². The molecule has 0 saturated carbocycles. The Morgan fingerprint density at radius 3 is 2.48 bits per heavy atom. The fourth-order valence-corrected chi connectivity index (χ4v) is 2.63. The molecule has 0 fully saturated rings. The molecule has 5 heteroatoms. The Kier molecular flexibility index (Phi) is 3.92. The van der Waals surface area contributed by atoms with Crippen molar-refractivity contribution in [2.75, 3.05) is 5.32 Å². The van der Waals surface area contributed by atoms with Crippen LogP contribution in [0.2, 0.25) is 5.02 Å². The van der Waals surface area contributed by atoms with Crippen molar-refractivity contribution in [2.24, 2.45) is 0 Å². The van der Waals surface area contributed by atoms with Crippen LogP contribution in [0.5, 0.6) is 0 Å². The summed E-state index contributed by atoms with van der Waals surface area (Å²) in [4.78, 5) is 24.6. The van der Waals surface area contributed by atoms with Crippen LogP contribution in [0.25, 0.3) is 11.0 Å². The van der Waals surface area contributed by atoms with E-state index in [0.29, 0.717) is 21.7 Å². The van der Waals surface area contributed by atoms with Crippen molar-refractivity contribution in [3.8, 4) is 0 Å². The molecule has 1 aromatic heterocycles. The number of anilines is 1. The summed E-state index contributed by atoms with van der Waals surface area (Å²) in [7, 11) is 0. The van der Waals surface area contributed by atoms with Crippen molar-refractivity contribution < 1.29 is 9.21 Å². The summed E-state index contributed by atoms with van der Waals surface area (Å²) in [5.74, 6) is -0.507. The zero-order valence-corrected chi connectivity index (χ0v) is 13.4. The first-order valence-corrected chi connectivity index (χ1v) is 7.44. The largest absolute Gasteiger partial charge is 0.451 e. The molecule has 0 radical (unpaired) electrons. The molecule has 0 aliphatic rings. The van der Waals surface area contributed by atoms with E-state index in [-0.39, 0.29) is 11.2 Å². The van der Waals surface area contributed by atoms with Crippen molar-refractivity contribution in [3.05, 3.63) is 74.6 Å². The van der Waals surface area contributed by atoms with Crippen LogP contribution < -0.4 is 10.7 Å². The van der Waals surface area contributed by atoms with E-state index in [0.717, 1.165) is 11.1 Å². The molecular formula is C18H14ClNO3. The van der Waals surface area contributed by atoms with Gasteiger partial charge >= 0.3 is 0 Å². The van der Waals surface area contributed by atoms with E-state index in [4.69, 9.17) is 16.0 Å². The molecule has 23 heavy (non-hydrogen) atoms. The summed E-state index contributed by atoms with van der Waals surface area (Å²) in [5.41, 5.74) is 2.55. The Bertz CT molecular complexity index is 958. The van der Waals surface area contributed by atoms with Crippen LogP contribution in [0.3, 0.4) is 0 Å². The Morgan fingerprint density at radius 1 is 1.09 bits per heavy atom. The molecule has 0 spiro atoms. The number of benzene rings is 2. The third-order valence-corrected chi connectivity index (χ3v) is 3.75. The van der Waals surface area contributed by atoms with Gasteiger partial charge in [0.05, 0.1) is 5.39 Å². The van der Waals surface area contributed by atoms with E-state index >= 15 is 0 Å². The van der Waals surface area contributed by atoms with Crippen molar-refractivity contribution in [2.45, 2.75) is 13.8 Å². The number of carbonyl (C=O) groups is 1. The summed E-state index contributed by atoms with van der Waals surface area (Å²) in [6.45, 7) is 3.76. The molecule has 116 valence electrons. The Hall–Kier alpha value is -2.59. The van der Waals surface area contributed by atoms with Gasteiger partial charge in [-0.05, 0) is 55.3 Å².